The molecule has 1 aliphatic rings. The summed E-state index contributed by atoms with van der Waals surface area (Å²) in [5.74, 6) is 0.590. The van der Waals surface area contributed by atoms with Gasteiger partial charge in [-0.25, -0.2) is 4.39 Å². The monoisotopic (exact) mass is 342 g/mol. The molecule has 1 heterocycles. The minimum atomic E-state index is -0.173. The summed E-state index contributed by atoms with van der Waals surface area (Å²) in [6.07, 6.45) is 2.50. The molecule has 1 aliphatic heterocycles. The average Bonchev–Trinajstić information content (AvgIpc) is 2.43. The molecule has 4 heteroatoms. The third kappa shape index (κ3) is 4.54. The summed E-state index contributed by atoms with van der Waals surface area (Å²) in [4.78, 5) is 2.46. The summed E-state index contributed by atoms with van der Waals surface area (Å²) in [6.45, 7) is 8.63. The van der Waals surface area contributed by atoms with E-state index in [9.17, 15) is 4.39 Å². The van der Waals surface area contributed by atoms with Crippen LogP contribution in [0, 0.1) is 11.7 Å². The van der Waals surface area contributed by atoms with Crippen molar-refractivity contribution >= 4 is 15.9 Å². The van der Waals surface area contributed by atoms with Crippen molar-refractivity contribution in [2.75, 3.05) is 19.6 Å². The van der Waals surface area contributed by atoms with Crippen LogP contribution < -0.4 is 5.32 Å². The molecule has 0 aliphatic carbocycles. The molecule has 0 radical (unpaired) electrons. The van der Waals surface area contributed by atoms with Crippen LogP contribution in [0.5, 0.6) is 0 Å². The van der Waals surface area contributed by atoms with Gasteiger partial charge in [0, 0.05) is 19.1 Å². The van der Waals surface area contributed by atoms with Crippen molar-refractivity contribution < 1.29 is 4.39 Å². The van der Waals surface area contributed by atoms with Crippen molar-refractivity contribution in [3.05, 3.63) is 34.1 Å². The van der Waals surface area contributed by atoms with Crippen molar-refractivity contribution in [1.29, 1.82) is 0 Å². The fourth-order valence-corrected chi connectivity index (χ4v) is 2.97. The van der Waals surface area contributed by atoms with E-state index in [1.54, 1.807) is 12.1 Å². The van der Waals surface area contributed by atoms with E-state index in [-0.39, 0.29) is 5.82 Å². The highest BCUT2D eigenvalue weighted by Crippen LogP contribution is 2.20. The topological polar surface area (TPSA) is 15.3 Å². The first kappa shape index (κ1) is 15.9. The maximum atomic E-state index is 13.6. The Morgan fingerprint density at radius 2 is 2.05 bits per heavy atom. The van der Waals surface area contributed by atoms with Crippen LogP contribution in [-0.2, 0) is 6.54 Å². The number of hydrogen-bond donors (Lipinski definition) is 1. The Labute approximate surface area is 129 Å². The molecule has 0 saturated carbocycles. The van der Waals surface area contributed by atoms with Gasteiger partial charge in [-0.2, -0.15) is 0 Å². The Kier molecular flexibility index (Phi) is 6.00. The zero-order valence-electron chi connectivity index (χ0n) is 12.3. The fraction of sp³-hybridized carbons (Fsp3) is 0.625. The lowest BCUT2D eigenvalue weighted by Crippen LogP contribution is -2.39. The van der Waals surface area contributed by atoms with Crippen LogP contribution in [0.25, 0.3) is 0 Å². The predicted molar refractivity (Wildman–Crippen MR) is 85.2 cm³/mol. The second-order valence-electron chi connectivity index (χ2n) is 5.97. The van der Waals surface area contributed by atoms with E-state index in [1.165, 1.54) is 12.8 Å². The molecule has 112 valence electrons. The standard InChI is InChI=1S/C16H24BrFN2/c1-12(2)20(10-13-5-7-19-8-6-13)11-14-3-4-15(17)16(18)9-14/h3-4,9,12-13,19H,5-8,10-11H2,1-2H3. The SMILES string of the molecule is CC(C)N(Cc1ccc(Br)c(F)c1)CC1CCNCC1. The summed E-state index contributed by atoms with van der Waals surface area (Å²) in [5.41, 5.74) is 1.05. The summed E-state index contributed by atoms with van der Waals surface area (Å²) >= 11 is 3.21. The molecule has 1 N–H and O–H groups in total. The highest BCUT2D eigenvalue weighted by Gasteiger charge is 2.19. The van der Waals surface area contributed by atoms with Gasteiger partial charge in [-0.05, 0) is 79.3 Å². The lowest BCUT2D eigenvalue weighted by atomic mass is 9.96. The molecule has 0 amide bonds. The van der Waals surface area contributed by atoms with Crippen LogP contribution in [0.3, 0.4) is 0 Å². The zero-order chi connectivity index (χ0) is 14.5. The van der Waals surface area contributed by atoms with Gasteiger partial charge in [0.2, 0.25) is 0 Å². The molecule has 1 aromatic rings. The van der Waals surface area contributed by atoms with E-state index in [0.29, 0.717) is 10.5 Å². The lowest BCUT2D eigenvalue weighted by molar-refractivity contribution is 0.161. The molecule has 20 heavy (non-hydrogen) atoms. The smallest absolute Gasteiger partial charge is 0.137 e. The van der Waals surface area contributed by atoms with Crippen molar-refractivity contribution in [2.24, 2.45) is 5.92 Å². The van der Waals surface area contributed by atoms with Crippen LogP contribution >= 0.6 is 15.9 Å². The molecule has 0 unspecified atom stereocenters. The van der Waals surface area contributed by atoms with Gasteiger partial charge in [-0.1, -0.05) is 6.07 Å². The van der Waals surface area contributed by atoms with Gasteiger partial charge < -0.3 is 5.32 Å². The quantitative estimate of drug-likeness (QED) is 0.875. The van der Waals surface area contributed by atoms with E-state index in [2.05, 4.69) is 40.0 Å². The third-order valence-electron chi connectivity index (χ3n) is 4.05. The van der Waals surface area contributed by atoms with E-state index >= 15 is 0 Å². The van der Waals surface area contributed by atoms with Gasteiger partial charge in [0.25, 0.3) is 0 Å². The van der Waals surface area contributed by atoms with Crippen LogP contribution in [0.15, 0.2) is 22.7 Å². The van der Waals surface area contributed by atoms with Crippen molar-refractivity contribution in [2.45, 2.75) is 39.3 Å². The van der Waals surface area contributed by atoms with E-state index < -0.39 is 0 Å². The highest BCUT2D eigenvalue weighted by atomic mass is 79.9. The summed E-state index contributed by atoms with van der Waals surface area (Å²) in [7, 11) is 0. The third-order valence-corrected chi connectivity index (χ3v) is 4.69. The first-order chi connectivity index (χ1) is 9.56. The van der Waals surface area contributed by atoms with Gasteiger partial charge in [0.15, 0.2) is 0 Å². The normalized spacial score (nSPS) is 17.1. The molecule has 1 fully saturated rings. The second kappa shape index (κ2) is 7.53. The minimum Gasteiger partial charge on any atom is -0.317 e. The van der Waals surface area contributed by atoms with Gasteiger partial charge in [-0.3, -0.25) is 4.90 Å². The lowest BCUT2D eigenvalue weighted by Gasteiger charge is -2.32. The molecule has 0 atom stereocenters. The van der Waals surface area contributed by atoms with Gasteiger partial charge in [0.05, 0.1) is 4.47 Å². The number of rotatable bonds is 5. The zero-order valence-corrected chi connectivity index (χ0v) is 13.9. The molecule has 1 saturated heterocycles. The Balaban J connectivity index is 1.99. The average molecular weight is 343 g/mol. The molecular formula is C16H24BrFN2. The van der Waals surface area contributed by atoms with E-state index in [1.807, 2.05) is 6.07 Å². The van der Waals surface area contributed by atoms with Crippen molar-refractivity contribution in [1.82, 2.24) is 10.2 Å². The number of halogens is 2. The van der Waals surface area contributed by atoms with Crippen LogP contribution in [0.4, 0.5) is 4.39 Å². The summed E-state index contributed by atoms with van der Waals surface area (Å²) in [6, 6.07) is 5.93. The molecule has 0 spiro atoms. The predicted octanol–water partition coefficient (Wildman–Crippen LogP) is 3.80. The fourth-order valence-electron chi connectivity index (χ4n) is 2.73. The Morgan fingerprint density at radius 3 is 2.65 bits per heavy atom. The maximum Gasteiger partial charge on any atom is 0.137 e. The number of benzene rings is 1. The molecule has 0 bridgehead atoms. The minimum absolute atomic E-state index is 0.173. The van der Waals surface area contributed by atoms with Gasteiger partial charge >= 0.3 is 0 Å². The number of nitrogens with zero attached hydrogens (tertiary/aromatic N) is 1. The largest absolute Gasteiger partial charge is 0.317 e. The number of piperidine rings is 1. The van der Waals surface area contributed by atoms with Crippen LogP contribution in [0.1, 0.15) is 32.3 Å². The summed E-state index contributed by atoms with van der Waals surface area (Å²) < 4.78 is 14.2. The van der Waals surface area contributed by atoms with Crippen LogP contribution in [-0.4, -0.2) is 30.6 Å². The maximum absolute atomic E-state index is 13.6. The van der Waals surface area contributed by atoms with E-state index in [0.717, 1.165) is 37.7 Å². The molecule has 2 nitrogen and oxygen atoms in total. The summed E-state index contributed by atoms with van der Waals surface area (Å²) in [5, 5.41) is 3.41. The van der Waals surface area contributed by atoms with Crippen LogP contribution in [0.2, 0.25) is 0 Å². The molecular weight excluding hydrogens is 319 g/mol. The first-order valence-electron chi connectivity index (χ1n) is 7.45. The Bertz CT molecular complexity index is 430. The van der Waals surface area contributed by atoms with E-state index in [4.69, 9.17) is 0 Å². The van der Waals surface area contributed by atoms with Gasteiger partial charge in [0.1, 0.15) is 5.82 Å². The van der Waals surface area contributed by atoms with Gasteiger partial charge in [-0.15, -0.1) is 0 Å². The highest BCUT2D eigenvalue weighted by molar-refractivity contribution is 9.10. The number of nitrogens with one attached hydrogen (secondary N) is 1. The molecule has 0 aromatic heterocycles. The van der Waals surface area contributed by atoms with Crippen molar-refractivity contribution in [3.63, 3.8) is 0 Å². The molecule has 2 rings (SSSR count). The molecule has 1 aromatic carbocycles. The number of hydrogen-bond acceptors (Lipinski definition) is 2. The Morgan fingerprint density at radius 1 is 1.35 bits per heavy atom. The first-order valence-corrected chi connectivity index (χ1v) is 8.24. The Hall–Kier alpha value is -0.450. The second-order valence-corrected chi connectivity index (χ2v) is 6.82. The van der Waals surface area contributed by atoms with Crippen molar-refractivity contribution in [3.8, 4) is 0 Å².